The molecule has 4 aromatic rings. The number of aryl methyl sites for hydroxylation is 1. The minimum Gasteiger partial charge on any atom is -0.453 e. The van der Waals surface area contributed by atoms with E-state index in [9.17, 15) is 0 Å². The van der Waals surface area contributed by atoms with Crippen LogP contribution in [-0.4, -0.2) is 6.04 Å². The summed E-state index contributed by atoms with van der Waals surface area (Å²) in [5.74, 6) is 1.79. The summed E-state index contributed by atoms with van der Waals surface area (Å²) >= 11 is 0. The highest BCUT2D eigenvalue weighted by atomic mass is 16.5. The second-order valence-corrected chi connectivity index (χ2v) is 12.2. The lowest BCUT2D eigenvalue weighted by Crippen LogP contribution is -2.33. The maximum Gasteiger partial charge on any atom is 0.151 e. The molecule has 0 amide bonds. The van der Waals surface area contributed by atoms with Crippen LogP contribution in [0.2, 0.25) is 0 Å². The molecule has 1 heterocycles. The van der Waals surface area contributed by atoms with E-state index in [1.165, 1.54) is 22.5 Å². The maximum atomic E-state index is 6.22. The molecule has 5 heteroatoms. The topological polar surface area (TPSA) is 39.8 Å². The van der Waals surface area contributed by atoms with Gasteiger partial charge in [0.1, 0.15) is 5.76 Å². The molecular formula is C46H52N4O. The van der Waals surface area contributed by atoms with Gasteiger partial charge in [0, 0.05) is 28.8 Å². The maximum absolute atomic E-state index is 6.22. The third-order valence-electron chi connectivity index (χ3n) is 9.03. The number of para-hydroxylation sites is 3. The van der Waals surface area contributed by atoms with E-state index in [2.05, 4.69) is 163 Å². The molecule has 0 fully saturated rings. The van der Waals surface area contributed by atoms with Crippen molar-refractivity contribution in [2.75, 3.05) is 9.80 Å². The van der Waals surface area contributed by atoms with E-state index >= 15 is 0 Å². The predicted molar refractivity (Wildman–Crippen MR) is 218 cm³/mol. The fourth-order valence-electron chi connectivity index (χ4n) is 6.42. The molecule has 2 unspecified atom stereocenters. The minimum atomic E-state index is 0.0500. The van der Waals surface area contributed by atoms with Crippen LogP contribution in [0.5, 0.6) is 5.75 Å². The zero-order valence-electron chi connectivity index (χ0n) is 31.0. The monoisotopic (exact) mass is 676 g/mol. The predicted octanol–water partition coefficient (Wildman–Crippen LogP) is 12.2. The lowest BCUT2D eigenvalue weighted by Gasteiger charge is -2.35. The Bertz CT molecular complexity index is 1930. The van der Waals surface area contributed by atoms with E-state index in [1.807, 2.05) is 45.9 Å². The van der Waals surface area contributed by atoms with E-state index in [1.54, 1.807) is 0 Å². The first kappa shape index (κ1) is 36.8. The Hall–Kier alpha value is -5.52. The van der Waals surface area contributed by atoms with E-state index in [0.717, 1.165) is 58.2 Å². The molecule has 0 spiro atoms. The summed E-state index contributed by atoms with van der Waals surface area (Å²) in [6.45, 7) is 21.0. The SMILES string of the molecule is C=C(NNC(C)c1ccc(N(c2ccccc2C)C2C=CC=CC2=C)cc1)c1ccc(N2C3=C(C=CCC3)Oc3ccccc32)cc1.CC.CC. The Kier molecular flexibility index (Phi) is 12.6. The van der Waals surface area contributed by atoms with Crippen LogP contribution in [0.3, 0.4) is 0 Å². The highest BCUT2D eigenvalue weighted by molar-refractivity contribution is 5.77. The molecule has 0 aromatic heterocycles. The fourth-order valence-corrected chi connectivity index (χ4v) is 6.42. The number of nitrogens with zero attached hydrogens (tertiary/aromatic N) is 2. The van der Waals surface area contributed by atoms with Gasteiger partial charge >= 0.3 is 0 Å². The molecule has 5 nitrogen and oxygen atoms in total. The van der Waals surface area contributed by atoms with Crippen LogP contribution >= 0.6 is 0 Å². The van der Waals surface area contributed by atoms with Gasteiger partial charge in [0.25, 0.3) is 0 Å². The third-order valence-corrected chi connectivity index (χ3v) is 9.03. The number of nitrogens with one attached hydrogen (secondary N) is 2. The number of anilines is 4. The van der Waals surface area contributed by atoms with E-state index in [0.29, 0.717) is 0 Å². The van der Waals surface area contributed by atoms with Crippen molar-refractivity contribution in [3.63, 3.8) is 0 Å². The summed E-state index contributed by atoms with van der Waals surface area (Å²) < 4.78 is 6.22. The van der Waals surface area contributed by atoms with Crippen molar-refractivity contribution < 1.29 is 4.74 Å². The van der Waals surface area contributed by atoms with Crippen molar-refractivity contribution in [2.45, 2.75) is 66.5 Å². The molecule has 2 atom stereocenters. The van der Waals surface area contributed by atoms with Gasteiger partial charge in [0.05, 0.1) is 17.4 Å². The van der Waals surface area contributed by atoms with Crippen molar-refractivity contribution in [1.29, 1.82) is 0 Å². The van der Waals surface area contributed by atoms with Gasteiger partial charge in [0.2, 0.25) is 0 Å². The minimum absolute atomic E-state index is 0.0500. The van der Waals surface area contributed by atoms with Gasteiger partial charge in [-0.1, -0.05) is 126 Å². The summed E-state index contributed by atoms with van der Waals surface area (Å²) in [5, 5.41) is 0. The molecule has 2 N–H and O–H groups in total. The van der Waals surface area contributed by atoms with E-state index in [-0.39, 0.29) is 12.1 Å². The van der Waals surface area contributed by atoms with Crippen LogP contribution in [-0.2, 0) is 0 Å². The first-order valence-electron chi connectivity index (χ1n) is 18.2. The second kappa shape index (κ2) is 17.4. The van der Waals surface area contributed by atoms with Gasteiger partial charge < -0.3 is 20.0 Å². The summed E-state index contributed by atoms with van der Waals surface area (Å²) in [4.78, 5) is 4.68. The number of ether oxygens (including phenoxy) is 1. The van der Waals surface area contributed by atoms with Crippen LogP contribution in [0.1, 0.15) is 70.2 Å². The largest absolute Gasteiger partial charge is 0.453 e. The lowest BCUT2D eigenvalue weighted by molar-refractivity contribution is 0.421. The standard InChI is InChI=1S/C42H40N4O.2C2H6/c1-29-13-5-7-15-37(29)45(38-16-8-6-14-30(38)2)35-25-21-33(22-26-35)31(3)43-44-32(4)34-23-27-36(28-24-34)46-39-17-9-11-19-41(39)47-42-20-12-10-18-40(42)46;2*1-2/h5-9,11-17,19-28,31,37,43-44H,1,4,10,18H2,2-3H3;2*1-2H3. The molecule has 262 valence electrons. The molecule has 0 saturated carbocycles. The number of hydrogen-bond acceptors (Lipinski definition) is 5. The van der Waals surface area contributed by atoms with Crippen molar-refractivity contribution in [3.05, 3.63) is 180 Å². The molecule has 1 aliphatic heterocycles. The van der Waals surface area contributed by atoms with Gasteiger partial charge in [-0.05, 0) is 97.5 Å². The number of rotatable bonds is 9. The van der Waals surface area contributed by atoms with Gasteiger partial charge in [-0.3, -0.25) is 0 Å². The molecule has 3 aliphatic rings. The smallest absolute Gasteiger partial charge is 0.151 e. The third kappa shape index (κ3) is 8.11. The zero-order valence-corrected chi connectivity index (χ0v) is 31.0. The molecule has 4 aromatic carbocycles. The number of hydrogen-bond donors (Lipinski definition) is 2. The first-order chi connectivity index (χ1) is 25.0. The molecule has 0 radical (unpaired) electrons. The number of hydrazine groups is 1. The Morgan fingerprint density at radius 1 is 0.863 bits per heavy atom. The fraction of sp³-hybridized carbons (Fsp3) is 0.217. The Labute approximate surface area is 305 Å². The quantitative estimate of drug-likeness (QED) is 0.173. The highest BCUT2D eigenvalue weighted by Crippen LogP contribution is 2.45. The molecule has 0 bridgehead atoms. The van der Waals surface area contributed by atoms with Crippen molar-refractivity contribution in [2.24, 2.45) is 0 Å². The average molecular weight is 677 g/mol. The van der Waals surface area contributed by atoms with Gasteiger partial charge in [0.15, 0.2) is 5.75 Å². The molecule has 0 saturated heterocycles. The van der Waals surface area contributed by atoms with Crippen LogP contribution in [0.4, 0.5) is 22.7 Å². The number of fused-ring (bicyclic) bond motifs is 1. The van der Waals surface area contributed by atoms with Crippen molar-refractivity contribution in [3.8, 4) is 5.75 Å². The summed E-state index contributed by atoms with van der Waals surface area (Å²) in [5.41, 5.74) is 17.7. The molecular weight excluding hydrogens is 625 g/mol. The van der Waals surface area contributed by atoms with Crippen molar-refractivity contribution in [1.82, 2.24) is 10.9 Å². The van der Waals surface area contributed by atoms with Gasteiger partial charge in [-0.2, -0.15) is 0 Å². The summed E-state index contributed by atoms with van der Waals surface area (Å²) in [7, 11) is 0. The van der Waals surface area contributed by atoms with Crippen LogP contribution in [0.15, 0.2) is 164 Å². The van der Waals surface area contributed by atoms with Crippen molar-refractivity contribution >= 4 is 28.4 Å². The number of allylic oxidation sites excluding steroid dienone is 5. The van der Waals surface area contributed by atoms with E-state index in [4.69, 9.17) is 4.74 Å². The van der Waals surface area contributed by atoms with Gasteiger partial charge in [-0.25, -0.2) is 5.43 Å². The first-order valence-corrected chi connectivity index (χ1v) is 18.2. The zero-order chi connectivity index (χ0) is 36.3. The average Bonchev–Trinajstić information content (AvgIpc) is 3.19. The summed E-state index contributed by atoms with van der Waals surface area (Å²) in [6.07, 6.45) is 14.6. The lowest BCUT2D eigenvalue weighted by atomic mass is 9.98. The Morgan fingerprint density at radius 3 is 2.29 bits per heavy atom. The second-order valence-electron chi connectivity index (χ2n) is 12.2. The molecule has 7 rings (SSSR count). The summed E-state index contributed by atoms with van der Waals surface area (Å²) in [6, 6.07) is 34.1. The van der Waals surface area contributed by atoms with Crippen LogP contribution in [0, 0.1) is 6.92 Å². The van der Waals surface area contributed by atoms with Crippen LogP contribution < -0.4 is 25.4 Å². The molecule has 51 heavy (non-hydrogen) atoms. The van der Waals surface area contributed by atoms with Crippen LogP contribution in [0.25, 0.3) is 5.70 Å². The molecule has 2 aliphatic carbocycles. The normalized spacial score (nSPS) is 16.0. The van der Waals surface area contributed by atoms with Gasteiger partial charge in [-0.15, -0.1) is 0 Å². The Morgan fingerprint density at radius 2 is 1.57 bits per heavy atom. The highest BCUT2D eigenvalue weighted by Gasteiger charge is 2.28. The van der Waals surface area contributed by atoms with E-state index < -0.39 is 0 Å². The number of benzene rings is 4. The Balaban J connectivity index is 0.00000122.